The van der Waals surface area contributed by atoms with Crippen molar-refractivity contribution >= 4 is 5.97 Å². The van der Waals surface area contributed by atoms with Crippen LogP contribution in [0.4, 0.5) is 0 Å². The molecule has 11 heavy (non-hydrogen) atoms. The van der Waals surface area contributed by atoms with Crippen molar-refractivity contribution in [2.24, 2.45) is 5.92 Å². The molecular weight excluding hydrogens is 144 g/mol. The van der Waals surface area contributed by atoms with Gasteiger partial charge in [-0.2, -0.15) is 0 Å². The van der Waals surface area contributed by atoms with Crippen molar-refractivity contribution in [1.29, 1.82) is 0 Å². The Kier molecular flexibility index (Phi) is 2.18. The molecular formula is C8H13O3-. The summed E-state index contributed by atoms with van der Waals surface area (Å²) in [5.74, 6) is -1.26. The van der Waals surface area contributed by atoms with Crippen molar-refractivity contribution in [2.45, 2.75) is 32.3 Å². The molecule has 0 aromatic heterocycles. The van der Waals surface area contributed by atoms with Gasteiger partial charge in [-0.15, -0.1) is 0 Å². The summed E-state index contributed by atoms with van der Waals surface area (Å²) >= 11 is 0. The van der Waals surface area contributed by atoms with Crippen molar-refractivity contribution in [1.82, 2.24) is 0 Å². The van der Waals surface area contributed by atoms with Crippen LogP contribution in [0, 0.1) is 5.92 Å². The van der Waals surface area contributed by atoms with Crippen molar-refractivity contribution in [3.8, 4) is 0 Å². The number of carbonyl (C=O) groups is 1. The van der Waals surface area contributed by atoms with E-state index < -0.39 is 5.97 Å². The lowest BCUT2D eigenvalue weighted by molar-refractivity contribution is -0.315. The van der Waals surface area contributed by atoms with Gasteiger partial charge in [-0.1, -0.05) is 0 Å². The summed E-state index contributed by atoms with van der Waals surface area (Å²) < 4.78 is 5.35. The molecule has 1 aliphatic rings. The minimum Gasteiger partial charge on any atom is -0.550 e. The molecule has 0 radical (unpaired) electrons. The number of carboxylic acids is 1. The largest absolute Gasteiger partial charge is 0.550 e. The van der Waals surface area contributed by atoms with Gasteiger partial charge in [-0.25, -0.2) is 0 Å². The molecule has 1 aliphatic heterocycles. The Morgan fingerprint density at radius 3 is 2.64 bits per heavy atom. The molecule has 0 aromatic carbocycles. The van der Waals surface area contributed by atoms with E-state index in [-0.39, 0.29) is 11.5 Å². The van der Waals surface area contributed by atoms with Gasteiger partial charge in [0.2, 0.25) is 0 Å². The van der Waals surface area contributed by atoms with Gasteiger partial charge in [0.05, 0.1) is 5.60 Å². The number of carbonyl (C=O) groups excluding carboxylic acids is 1. The summed E-state index contributed by atoms with van der Waals surface area (Å²) in [6.07, 6.45) is 1.15. The molecule has 0 amide bonds. The van der Waals surface area contributed by atoms with E-state index in [9.17, 15) is 9.90 Å². The summed E-state index contributed by atoms with van der Waals surface area (Å²) in [6, 6.07) is 0. The normalized spacial score (nSPS) is 29.8. The first-order chi connectivity index (χ1) is 5.01. The Hall–Kier alpha value is -0.570. The average molecular weight is 157 g/mol. The lowest BCUT2D eigenvalue weighted by Crippen LogP contribution is -2.42. The van der Waals surface area contributed by atoms with Crippen molar-refractivity contribution in [2.75, 3.05) is 6.61 Å². The number of hydrogen-bond donors (Lipinski definition) is 0. The lowest BCUT2D eigenvalue weighted by atomic mass is 9.89. The van der Waals surface area contributed by atoms with Gasteiger partial charge < -0.3 is 14.6 Å². The zero-order chi connectivity index (χ0) is 8.48. The minimum absolute atomic E-state index is 0.289. The second kappa shape index (κ2) is 2.81. The van der Waals surface area contributed by atoms with Crippen molar-refractivity contribution in [3.63, 3.8) is 0 Å². The molecule has 0 unspecified atom stereocenters. The summed E-state index contributed by atoms with van der Waals surface area (Å²) in [7, 11) is 0. The van der Waals surface area contributed by atoms with Gasteiger partial charge in [-0.3, -0.25) is 0 Å². The Balaban J connectivity index is 2.53. The predicted molar refractivity (Wildman–Crippen MR) is 37.8 cm³/mol. The van der Waals surface area contributed by atoms with Gasteiger partial charge in [0.1, 0.15) is 0 Å². The molecule has 0 N–H and O–H groups in total. The highest BCUT2D eigenvalue weighted by molar-refractivity contribution is 5.67. The lowest BCUT2D eigenvalue weighted by Gasteiger charge is -2.35. The summed E-state index contributed by atoms with van der Waals surface area (Å²) in [5, 5.41) is 10.5. The third-order valence-corrected chi connectivity index (χ3v) is 2.03. The van der Waals surface area contributed by atoms with Crippen LogP contribution >= 0.6 is 0 Å². The highest BCUT2D eigenvalue weighted by atomic mass is 16.5. The van der Waals surface area contributed by atoms with E-state index >= 15 is 0 Å². The van der Waals surface area contributed by atoms with Crippen LogP contribution in [0.3, 0.4) is 0 Å². The molecule has 1 atom stereocenters. The molecule has 0 spiro atoms. The molecule has 64 valence electrons. The van der Waals surface area contributed by atoms with Crippen molar-refractivity contribution < 1.29 is 14.6 Å². The van der Waals surface area contributed by atoms with Crippen LogP contribution in [0.25, 0.3) is 0 Å². The summed E-state index contributed by atoms with van der Waals surface area (Å²) in [5.41, 5.74) is -0.289. The molecule has 3 nitrogen and oxygen atoms in total. The van der Waals surface area contributed by atoms with Crippen LogP contribution in [0.5, 0.6) is 0 Å². The molecule has 3 heteroatoms. The fraction of sp³-hybridized carbons (Fsp3) is 0.875. The zero-order valence-corrected chi connectivity index (χ0v) is 6.92. The maximum absolute atomic E-state index is 10.5. The topological polar surface area (TPSA) is 49.4 Å². The summed E-state index contributed by atoms with van der Waals surface area (Å²) in [4.78, 5) is 10.5. The smallest absolute Gasteiger partial charge is 0.0632 e. The standard InChI is InChI=1S/C8H14O3/c1-8(2)5-6(7(9)10)3-4-11-8/h6H,3-5H2,1-2H3,(H,9,10)/p-1/t6-/m1/s1. The van der Waals surface area contributed by atoms with Gasteiger partial charge in [0, 0.05) is 18.5 Å². The van der Waals surface area contributed by atoms with Crippen LogP contribution in [0.2, 0.25) is 0 Å². The SMILES string of the molecule is CC1(C)C[C@H](C(=O)[O-])CCO1. The van der Waals surface area contributed by atoms with Crippen molar-refractivity contribution in [3.05, 3.63) is 0 Å². The second-order valence-corrected chi connectivity index (χ2v) is 3.62. The Morgan fingerprint density at radius 1 is 1.64 bits per heavy atom. The first kappa shape index (κ1) is 8.53. The van der Waals surface area contributed by atoms with Gasteiger partial charge in [-0.05, 0) is 26.7 Å². The van der Waals surface area contributed by atoms with E-state index in [1.165, 1.54) is 0 Å². The number of rotatable bonds is 1. The number of carboxylic acid groups (broad SMARTS) is 1. The van der Waals surface area contributed by atoms with Gasteiger partial charge in [0.25, 0.3) is 0 Å². The Labute approximate surface area is 66.4 Å². The number of aliphatic carboxylic acids is 1. The second-order valence-electron chi connectivity index (χ2n) is 3.62. The van der Waals surface area contributed by atoms with Gasteiger partial charge >= 0.3 is 0 Å². The molecule has 0 saturated carbocycles. The molecule has 0 bridgehead atoms. The fourth-order valence-corrected chi connectivity index (χ4v) is 1.43. The third kappa shape index (κ3) is 2.19. The average Bonchev–Trinajstić information content (AvgIpc) is 1.85. The molecule has 1 heterocycles. The van der Waals surface area contributed by atoms with Crippen LogP contribution in [-0.4, -0.2) is 18.2 Å². The van der Waals surface area contributed by atoms with Gasteiger partial charge in [0.15, 0.2) is 0 Å². The maximum atomic E-state index is 10.5. The van der Waals surface area contributed by atoms with E-state index in [1.54, 1.807) is 0 Å². The monoisotopic (exact) mass is 157 g/mol. The van der Waals surface area contributed by atoms with E-state index in [4.69, 9.17) is 4.74 Å². The summed E-state index contributed by atoms with van der Waals surface area (Å²) in [6.45, 7) is 4.34. The third-order valence-electron chi connectivity index (χ3n) is 2.03. The Morgan fingerprint density at radius 2 is 2.27 bits per heavy atom. The van der Waals surface area contributed by atoms with E-state index in [1.807, 2.05) is 13.8 Å². The maximum Gasteiger partial charge on any atom is 0.0632 e. The molecule has 1 saturated heterocycles. The molecule has 0 aliphatic carbocycles. The first-order valence-corrected chi connectivity index (χ1v) is 3.86. The molecule has 1 fully saturated rings. The number of hydrogen-bond acceptors (Lipinski definition) is 3. The number of ether oxygens (including phenoxy) is 1. The zero-order valence-electron chi connectivity index (χ0n) is 6.92. The minimum atomic E-state index is -0.943. The fourth-order valence-electron chi connectivity index (χ4n) is 1.43. The first-order valence-electron chi connectivity index (χ1n) is 3.86. The highest BCUT2D eigenvalue weighted by Gasteiger charge is 2.29. The predicted octanol–water partition coefficient (Wildman–Crippen LogP) is -0.0585. The highest BCUT2D eigenvalue weighted by Crippen LogP contribution is 2.27. The van der Waals surface area contributed by atoms with Crippen LogP contribution in [-0.2, 0) is 9.53 Å². The van der Waals surface area contributed by atoms with Crippen LogP contribution in [0.15, 0.2) is 0 Å². The van der Waals surface area contributed by atoms with E-state index in [0.29, 0.717) is 19.4 Å². The van der Waals surface area contributed by atoms with E-state index in [0.717, 1.165) is 0 Å². The van der Waals surface area contributed by atoms with Crippen LogP contribution in [0.1, 0.15) is 26.7 Å². The quantitative estimate of drug-likeness (QED) is 0.536. The molecule has 0 aromatic rings. The van der Waals surface area contributed by atoms with E-state index in [2.05, 4.69) is 0 Å². The molecule has 1 rings (SSSR count). The van der Waals surface area contributed by atoms with Crippen LogP contribution < -0.4 is 5.11 Å². The Bertz CT molecular complexity index is 163.